The lowest BCUT2D eigenvalue weighted by molar-refractivity contribution is 0.0925. The van der Waals surface area contributed by atoms with Gasteiger partial charge in [0.2, 0.25) is 5.13 Å². The summed E-state index contributed by atoms with van der Waals surface area (Å²) in [5.41, 5.74) is 2.00. The minimum Gasteiger partial charge on any atom is -0.494 e. The summed E-state index contributed by atoms with van der Waals surface area (Å²) in [4.78, 5) is 39.8. The van der Waals surface area contributed by atoms with Crippen molar-refractivity contribution in [2.45, 2.75) is 6.92 Å². The molecular weight excluding hydrogens is 452 g/mol. The van der Waals surface area contributed by atoms with Gasteiger partial charge in [0.25, 0.3) is 17.7 Å². The first-order valence-electron chi connectivity index (χ1n) is 10.5. The van der Waals surface area contributed by atoms with Crippen LogP contribution < -0.4 is 15.0 Å². The Labute approximate surface area is 198 Å². The molecule has 1 aliphatic heterocycles. The molecule has 0 fully saturated rings. The number of nitrogens with zero attached hydrogens (tertiary/aromatic N) is 3. The van der Waals surface area contributed by atoms with E-state index in [1.54, 1.807) is 24.3 Å². The van der Waals surface area contributed by atoms with Gasteiger partial charge in [-0.25, -0.2) is 4.90 Å². The molecule has 0 unspecified atom stereocenters. The molecule has 1 N–H and O–H groups in total. The highest BCUT2D eigenvalue weighted by Gasteiger charge is 2.37. The van der Waals surface area contributed by atoms with Crippen molar-refractivity contribution < 1.29 is 19.1 Å². The maximum atomic E-state index is 13.0. The largest absolute Gasteiger partial charge is 0.494 e. The standard InChI is InChI=1S/C25H18N4O4S/c1-2-33-18-11-9-17(10-12-18)29-23(31)19-13-8-16(14-20(19)24(29)32)21(30)26-25-28-27-22(34-25)15-6-4-3-5-7-15/h3-14H,2H2,1H3,(H,26,28,30). The molecule has 3 amide bonds. The molecule has 0 bridgehead atoms. The van der Waals surface area contributed by atoms with Crippen molar-refractivity contribution in [3.05, 3.63) is 89.5 Å². The van der Waals surface area contributed by atoms with Gasteiger partial charge in [-0.05, 0) is 49.4 Å². The molecule has 0 aliphatic carbocycles. The van der Waals surface area contributed by atoms with Gasteiger partial charge in [0, 0.05) is 11.1 Å². The van der Waals surface area contributed by atoms with Crippen LogP contribution in [0.25, 0.3) is 10.6 Å². The Hall–Kier alpha value is -4.37. The number of imide groups is 1. The summed E-state index contributed by atoms with van der Waals surface area (Å²) >= 11 is 1.24. The van der Waals surface area contributed by atoms with Crippen LogP contribution >= 0.6 is 11.3 Å². The van der Waals surface area contributed by atoms with Gasteiger partial charge in [-0.3, -0.25) is 19.7 Å². The average molecular weight is 471 g/mol. The summed E-state index contributed by atoms with van der Waals surface area (Å²) in [6, 6.07) is 20.7. The van der Waals surface area contributed by atoms with Crippen molar-refractivity contribution in [3.8, 4) is 16.3 Å². The zero-order valence-electron chi connectivity index (χ0n) is 18.0. The van der Waals surface area contributed by atoms with Crippen LogP contribution in [0.3, 0.4) is 0 Å². The molecular formula is C25H18N4O4S. The summed E-state index contributed by atoms with van der Waals surface area (Å²) < 4.78 is 5.41. The molecule has 34 heavy (non-hydrogen) atoms. The summed E-state index contributed by atoms with van der Waals surface area (Å²) in [6.07, 6.45) is 0. The van der Waals surface area contributed by atoms with Crippen molar-refractivity contribution in [3.63, 3.8) is 0 Å². The van der Waals surface area contributed by atoms with E-state index in [0.29, 0.717) is 28.2 Å². The zero-order chi connectivity index (χ0) is 23.7. The molecule has 1 aromatic heterocycles. The number of rotatable bonds is 6. The maximum Gasteiger partial charge on any atom is 0.266 e. The molecule has 1 aliphatic rings. The van der Waals surface area contributed by atoms with Crippen molar-refractivity contribution in [2.75, 3.05) is 16.8 Å². The van der Waals surface area contributed by atoms with Crippen molar-refractivity contribution in [2.24, 2.45) is 0 Å². The van der Waals surface area contributed by atoms with Gasteiger partial charge in [0.15, 0.2) is 0 Å². The molecule has 8 nitrogen and oxygen atoms in total. The van der Waals surface area contributed by atoms with E-state index in [4.69, 9.17) is 4.74 Å². The Morgan fingerprint density at radius 2 is 1.68 bits per heavy atom. The number of carbonyl (C=O) groups excluding carboxylic acids is 3. The van der Waals surface area contributed by atoms with E-state index in [2.05, 4.69) is 15.5 Å². The minimum atomic E-state index is -0.485. The number of hydrogen-bond acceptors (Lipinski definition) is 7. The van der Waals surface area contributed by atoms with Crippen molar-refractivity contribution in [1.29, 1.82) is 0 Å². The first-order valence-corrected chi connectivity index (χ1v) is 11.3. The summed E-state index contributed by atoms with van der Waals surface area (Å²) in [5.74, 6) is -0.721. The van der Waals surface area contributed by atoms with Gasteiger partial charge >= 0.3 is 0 Å². The second-order valence-corrected chi connectivity index (χ2v) is 8.34. The molecule has 168 valence electrons. The number of aromatic nitrogens is 2. The first kappa shape index (κ1) is 21.5. The molecule has 9 heteroatoms. The molecule has 0 atom stereocenters. The average Bonchev–Trinajstić information content (AvgIpc) is 3.43. The zero-order valence-corrected chi connectivity index (χ0v) is 18.8. The Bertz CT molecular complexity index is 1400. The van der Waals surface area contributed by atoms with Crippen LogP contribution in [0.5, 0.6) is 5.75 Å². The number of carbonyl (C=O) groups is 3. The Morgan fingerprint density at radius 3 is 2.41 bits per heavy atom. The maximum absolute atomic E-state index is 13.0. The molecule has 3 aromatic carbocycles. The van der Waals surface area contributed by atoms with Crippen LogP contribution in [-0.2, 0) is 0 Å². The number of benzene rings is 3. The molecule has 5 rings (SSSR count). The van der Waals surface area contributed by atoms with E-state index in [0.717, 1.165) is 10.5 Å². The fraction of sp³-hybridized carbons (Fsp3) is 0.0800. The highest BCUT2D eigenvalue weighted by molar-refractivity contribution is 7.18. The lowest BCUT2D eigenvalue weighted by Gasteiger charge is -2.14. The summed E-state index contributed by atoms with van der Waals surface area (Å²) in [6.45, 7) is 2.39. The van der Waals surface area contributed by atoms with E-state index in [9.17, 15) is 14.4 Å². The topological polar surface area (TPSA) is 101 Å². The fourth-order valence-corrected chi connectivity index (χ4v) is 4.36. The van der Waals surface area contributed by atoms with E-state index < -0.39 is 17.7 Å². The lowest BCUT2D eigenvalue weighted by Crippen LogP contribution is -2.29. The predicted octanol–water partition coefficient (Wildman–Crippen LogP) is 4.66. The predicted molar refractivity (Wildman–Crippen MR) is 128 cm³/mol. The third kappa shape index (κ3) is 3.93. The fourth-order valence-electron chi connectivity index (χ4n) is 3.62. The van der Waals surface area contributed by atoms with Gasteiger partial charge in [-0.2, -0.15) is 0 Å². The summed E-state index contributed by atoms with van der Waals surface area (Å²) in [5, 5.41) is 11.9. The van der Waals surface area contributed by atoms with E-state index >= 15 is 0 Å². The second kappa shape index (κ2) is 8.87. The number of anilines is 2. The number of nitrogens with one attached hydrogen (secondary N) is 1. The van der Waals surface area contributed by atoms with Crippen LogP contribution in [0, 0.1) is 0 Å². The third-order valence-corrected chi connectivity index (χ3v) is 6.11. The number of amides is 3. The van der Waals surface area contributed by atoms with Crippen LogP contribution in [0.2, 0.25) is 0 Å². The van der Waals surface area contributed by atoms with Gasteiger partial charge in [0.05, 0.1) is 23.4 Å². The lowest BCUT2D eigenvalue weighted by atomic mass is 10.1. The Morgan fingerprint density at radius 1 is 0.941 bits per heavy atom. The van der Waals surface area contributed by atoms with Crippen LogP contribution in [0.4, 0.5) is 10.8 Å². The highest BCUT2D eigenvalue weighted by Crippen LogP contribution is 2.31. The summed E-state index contributed by atoms with van der Waals surface area (Å²) in [7, 11) is 0. The van der Waals surface area contributed by atoms with Crippen molar-refractivity contribution >= 4 is 39.9 Å². The monoisotopic (exact) mass is 470 g/mol. The minimum absolute atomic E-state index is 0.175. The van der Waals surface area contributed by atoms with Gasteiger partial charge < -0.3 is 4.74 Å². The molecule has 4 aromatic rings. The van der Waals surface area contributed by atoms with Gasteiger partial charge in [-0.15, -0.1) is 10.2 Å². The normalized spacial score (nSPS) is 12.6. The third-order valence-electron chi connectivity index (χ3n) is 5.22. The van der Waals surface area contributed by atoms with Crippen LogP contribution in [-0.4, -0.2) is 34.5 Å². The molecule has 2 heterocycles. The second-order valence-electron chi connectivity index (χ2n) is 7.37. The van der Waals surface area contributed by atoms with E-state index in [1.807, 2.05) is 37.3 Å². The quantitative estimate of drug-likeness (QED) is 0.412. The number of fused-ring (bicyclic) bond motifs is 1. The molecule has 0 saturated carbocycles. The molecule has 0 radical (unpaired) electrons. The SMILES string of the molecule is CCOc1ccc(N2C(=O)c3ccc(C(=O)Nc4nnc(-c5ccccc5)s4)cc3C2=O)cc1. The van der Waals surface area contributed by atoms with Crippen molar-refractivity contribution in [1.82, 2.24) is 10.2 Å². The Kier molecular flexibility index (Phi) is 5.60. The van der Waals surface area contributed by atoms with E-state index in [-0.39, 0.29) is 16.7 Å². The number of ether oxygens (including phenoxy) is 1. The first-order chi connectivity index (χ1) is 16.5. The molecule has 0 saturated heterocycles. The van der Waals surface area contributed by atoms with Crippen LogP contribution in [0.15, 0.2) is 72.8 Å². The van der Waals surface area contributed by atoms with Crippen LogP contribution in [0.1, 0.15) is 38.0 Å². The van der Waals surface area contributed by atoms with Gasteiger partial charge in [-0.1, -0.05) is 41.7 Å². The van der Waals surface area contributed by atoms with Gasteiger partial charge in [0.1, 0.15) is 10.8 Å². The number of hydrogen-bond donors (Lipinski definition) is 1. The highest BCUT2D eigenvalue weighted by atomic mass is 32.1. The van der Waals surface area contributed by atoms with E-state index in [1.165, 1.54) is 29.5 Å². The molecule has 0 spiro atoms. The Balaban J connectivity index is 1.35. The smallest absolute Gasteiger partial charge is 0.266 e.